The molecule has 0 aromatic rings. The third kappa shape index (κ3) is 2.92. The van der Waals surface area contributed by atoms with Crippen LogP contribution < -0.4 is 11.1 Å². The molecule has 0 unspecified atom stereocenters. The van der Waals surface area contributed by atoms with Crippen LogP contribution in [0.15, 0.2) is 0 Å². The Labute approximate surface area is 91.2 Å². The molecule has 3 N–H and O–H groups in total. The number of carbonyl (C=O) groups is 1. The van der Waals surface area contributed by atoms with Crippen molar-refractivity contribution in [1.29, 1.82) is 0 Å². The molecule has 1 aliphatic carbocycles. The van der Waals surface area contributed by atoms with E-state index in [9.17, 15) is 4.79 Å². The maximum atomic E-state index is 11.4. The maximum absolute atomic E-state index is 11.4. The van der Waals surface area contributed by atoms with Crippen LogP contribution in [0.25, 0.3) is 0 Å². The smallest absolute Gasteiger partial charge is 0.236 e. The van der Waals surface area contributed by atoms with Gasteiger partial charge in [-0.2, -0.15) is 0 Å². The van der Waals surface area contributed by atoms with Gasteiger partial charge in [-0.05, 0) is 32.6 Å². The number of carbonyl (C=O) groups excluding carboxylic acids is 1. The lowest BCUT2D eigenvalue weighted by Gasteiger charge is -2.32. The fraction of sp³-hybridized carbons (Fsp3) is 0.909. The zero-order valence-electron chi connectivity index (χ0n) is 9.41. The highest BCUT2D eigenvalue weighted by Crippen LogP contribution is 2.29. The number of nitrogens with one attached hydrogen (secondary N) is 1. The van der Waals surface area contributed by atoms with E-state index in [0.29, 0.717) is 6.04 Å². The molecule has 86 valence electrons. The van der Waals surface area contributed by atoms with Gasteiger partial charge in [0.05, 0.1) is 6.04 Å². The second-order valence-electron chi connectivity index (χ2n) is 4.84. The van der Waals surface area contributed by atoms with Crippen molar-refractivity contribution in [3.63, 3.8) is 0 Å². The minimum atomic E-state index is -0.383. The van der Waals surface area contributed by atoms with Gasteiger partial charge in [0.15, 0.2) is 0 Å². The van der Waals surface area contributed by atoms with Crippen LogP contribution >= 0.6 is 0 Å². The Balaban J connectivity index is 1.70. The molecule has 1 atom stereocenters. The summed E-state index contributed by atoms with van der Waals surface area (Å²) in [6.07, 6.45) is 4.90. The first-order chi connectivity index (χ1) is 7.16. The summed E-state index contributed by atoms with van der Waals surface area (Å²) in [4.78, 5) is 13.9. The van der Waals surface area contributed by atoms with Crippen LogP contribution in [0.3, 0.4) is 0 Å². The van der Waals surface area contributed by atoms with Crippen LogP contribution in [0.1, 0.15) is 32.6 Å². The lowest BCUT2D eigenvalue weighted by atomic mass is 10.0. The summed E-state index contributed by atoms with van der Waals surface area (Å²) in [7, 11) is 0. The number of amides is 1. The Morgan fingerprint density at radius 3 is 2.40 bits per heavy atom. The molecular weight excluding hydrogens is 190 g/mol. The van der Waals surface area contributed by atoms with Crippen molar-refractivity contribution in [2.45, 2.75) is 50.7 Å². The molecule has 4 nitrogen and oxygen atoms in total. The third-order valence-corrected chi connectivity index (χ3v) is 3.35. The highest BCUT2D eigenvalue weighted by Gasteiger charge is 2.32. The molecule has 1 amide bonds. The van der Waals surface area contributed by atoms with Gasteiger partial charge < -0.3 is 16.0 Å². The van der Waals surface area contributed by atoms with E-state index in [0.717, 1.165) is 32.0 Å². The zero-order chi connectivity index (χ0) is 10.8. The number of nitrogens with zero attached hydrogens (tertiary/aromatic N) is 1. The molecule has 0 radical (unpaired) electrons. The Morgan fingerprint density at radius 2 is 1.93 bits per heavy atom. The van der Waals surface area contributed by atoms with E-state index in [-0.39, 0.29) is 11.9 Å². The second kappa shape index (κ2) is 4.49. The maximum Gasteiger partial charge on any atom is 0.236 e. The van der Waals surface area contributed by atoms with Crippen molar-refractivity contribution in [1.82, 2.24) is 10.2 Å². The summed E-state index contributed by atoms with van der Waals surface area (Å²) in [5, 5.41) is 3.01. The van der Waals surface area contributed by atoms with Gasteiger partial charge in [0, 0.05) is 25.2 Å². The highest BCUT2D eigenvalue weighted by molar-refractivity contribution is 5.81. The van der Waals surface area contributed by atoms with Crippen LogP contribution in [0.2, 0.25) is 0 Å². The number of rotatable bonds is 3. The fourth-order valence-electron chi connectivity index (χ4n) is 2.18. The summed E-state index contributed by atoms with van der Waals surface area (Å²) >= 11 is 0. The molecule has 0 aromatic heterocycles. The Morgan fingerprint density at radius 1 is 1.33 bits per heavy atom. The molecular formula is C11H21N3O. The number of hydrogen-bond donors (Lipinski definition) is 2. The fourth-order valence-corrected chi connectivity index (χ4v) is 2.18. The van der Waals surface area contributed by atoms with Crippen molar-refractivity contribution < 1.29 is 4.79 Å². The molecule has 4 heteroatoms. The van der Waals surface area contributed by atoms with Gasteiger partial charge in [0.1, 0.15) is 0 Å². The Bertz CT molecular complexity index is 230. The number of piperidine rings is 1. The molecule has 1 saturated carbocycles. The first-order valence-electron chi connectivity index (χ1n) is 5.97. The second-order valence-corrected chi connectivity index (χ2v) is 4.84. The van der Waals surface area contributed by atoms with Gasteiger partial charge in [-0.25, -0.2) is 0 Å². The van der Waals surface area contributed by atoms with Crippen molar-refractivity contribution in [2.75, 3.05) is 13.1 Å². The van der Waals surface area contributed by atoms with Crippen LogP contribution in [-0.2, 0) is 4.79 Å². The molecule has 2 fully saturated rings. The topological polar surface area (TPSA) is 58.4 Å². The van der Waals surface area contributed by atoms with Crippen LogP contribution in [0, 0.1) is 0 Å². The van der Waals surface area contributed by atoms with Gasteiger partial charge in [0.2, 0.25) is 5.91 Å². The number of nitrogens with two attached hydrogens (primary N) is 1. The van der Waals surface area contributed by atoms with Crippen molar-refractivity contribution >= 4 is 5.91 Å². The third-order valence-electron chi connectivity index (χ3n) is 3.35. The molecule has 15 heavy (non-hydrogen) atoms. The van der Waals surface area contributed by atoms with Gasteiger partial charge >= 0.3 is 0 Å². The van der Waals surface area contributed by atoms with E-state index in [2.05, 4.69) is 10.2 Å². The Kier molecular flexibility index (Phi) is 3.26. The van der Waals surface area contributed by atoms with Crippen molar-refractivity contribution in [2.24, 2.45) is 5.73 Å². The van der Waals surface area contributed by atoms with E-state index in [4.69, 9.17) is 5.73 Å². The molecule has 1 saturated heterocycles. The van der Waals surface area contributed by atoms with E-state index >= 15 is 0 Å². The predicted octanol–water partition coefficient (Wildman–Crippen LogP) is 0.0766. The lowest BCUT2D eigenvalue weighted by molar-refractivity contribution is -0.123. The summed E-state index contributed by atoms with van der Waals surface area (Å²) in [5.41, 5.74) is 5.52. The highest BCUT2D eigenvalue weighted by atomic mass is 16.2. The molecule has 1 aliphatic heterocycles. The standard InChI is InChI=1S/C11H21N3O/c1-8(12)11(15)13-9-4-6-14(7-5-9)10-2-3-10/h8-10H,2-7,12H2,1H3,(H,13,15)/t8-/m1/s1. The Hall–Kier alpha value is -0.610. The first kappa shape index (κ1) is 10.9. The first-order valence-corrected chi connectivity index (χ1v) is 5.97. The normalized spacial score (nSPS) is 26.3. The SMILES string of the molecule is C[C@@H](N)C(=O)NC1CCN(C2CC2)CC1. The van der Waals surface area contributed by atoms with E-state index in [1.807, 2.05) is 0 Å². The molecule has 2 rings (SSSR count). The van der Waals surface area contributed by atoms with E-state index in [1.54, 1.807) is 6.92 Å². The molecule has 1 heterocycles. The van der Waals surface area contributed by atoms with Gasteiger partial charge in [-0.15, -0.1) is 0 Å². The van der Waals surface area contributed by atoms with Gasteiger partial charge in [-0.1, -0.05) is 0 Å². The summed E-state index contributed by atoms with van der Waals surface area (Å²) in [6.45, 7) is 4.00. The lowest BCUT2D eigenvalue weighted by Crippen LogP contribution is -2.49. The molecule has 0 aromatic carbocycles. The van der Waals surface area contributed by atoms with Gasteiger partial charge in [0.25, 0.3) is 0 Å². The summed E-state index contributed by atoms with van der Waals surface area (Å²) in [6, 6.07) is 0.819. The largest absolute Gasteiger partial charge is 0.352 e. The molecule has 2 aliphatic rings. The predicted molar refractivity (Wildman–Crippen MR) is 59.4 cm³/mol. The minimum absolute atomic E-state index is 0.0140. The van der Waals surface area contributed by atoms with Crippen molar-refractivity contribution in [3.05, 3.63) is 0 Å². The summed E-state index contributed by atoms with van der Waals surface area (Å²) < 4.78 is 0. The average Bonchev–Trinajstić information content (AvgIpc) is 3.02. The van der Waals surface area contributed by atoms with Crippen LogP contribution in [-0.4, -0.2) is 42.0 Å². The minimum Gasteiger partial charge on any atom is -0.352 e. The monoisotopic (exact) mass is 211 g/mol. The van der Waals surface area contributed by atoms with Gasteiger partial charge in [-0.3, -0.25) is 4.79 Å². The summed E-state index contributed by atoms with van der Waals surface area (Å²) in [5.74, 6) is -0.0140. The van der Waals surface area contributed by atoms with Crippen molar-refractivity contribution in [3.8, 4) is 0 Å². The molecule has 0 bridgehead atoms. The number of hydrogen-bond acceptors (Lipinski definition) is 3. The van der Waals surface area contributed by atoms with E-state index < -0.39 is 0 Å². The van der Waals surface area contributed by atoms with E-state index in [1.165, 1.54) is 12.8 Å². The average molecular weight is 211 g/mol. The van der Waals surface area contributed by atoms with Crippen LogP contribution in [0.4, 0.5) is 0 Å². The van der Waals surface area contributed by atoms with Crippen LogP contribution in [0.5, 0.6) is 0 Å². The quantitative estimate of drug-likeness (QED) is 0.695. The zero-order valence-corrected chi connectivity index (χ0v) is 9.41. The molecule has 0 spiro atoms. The number of likely N-dealkylation sites (tertiary alicyclic amines) is 1.